The lowest BCUT2D eigenvalue weighted by Gasteiger charge is -2.36. The minimum absolute atomic E-state index is 0.0881. The summed E-state index contributed by atoms with van der Waals surface area (Å²) in [6.45, 7) is 5.38. The van der Waals surface area contributed by atoms with Gasteiger partial charge >= 0.3 is 0 Å². The summed E-state index contributed by atoms with van der Waals surface area (Å²) in [6, 6.07) is 1.97. The second-order valence-electron chi connectivity index (χ2n) is 6.34. The molecule has 2 aliphatic rings. The second-order valence-corrected chi connectivity index (χ2v) is 6.34. The number of carbonyl (C=O) groups excluding carboxylic acids is 1. The molecule has 5 nitrogen and oxygen atoms in total. The number of rotatable bonds is 4. The Balaban J connectivity index is 2.10. The van der Waals surface area contributed by atoms with Gasteiger partial charge in [0.2, 0.25) is 5.91 Å². The van der Waals surface area contributed by atoms with E-state index in [0.29, 0.717) is 11.5 Å². The fourth-order valence-electron chi connectivity index (χ4n) is 3.49. The number of pyridine rings is 1. The van der Waals surface area contributed by atoms with Crippen LogP contribution in [-0.4, -0.2) is 30.2 Å². The van der Waals surface area contributed by atoms with Crippen LogP contribution in [0.1, 0.15) is 38.7 Å². The van der Waals surface area contributed by atoms with Gasteiger partial charge in [0.05, 0.1) is 6.20 Å². The van der Waals surface area contributed by atoms with E-state index in [1.807, 2.05) is 12.1 Å². The molecule has 3 rings (SSSR count). The van der Waals surface area contributed by atoms with E-state index in [2.05, 4.69) is 11.9 Å². The van der Waals surface area contributed by atoms with Crippen molar-refractivity contribution in [1.29, 1.82) is 0 Å². The van der Waals surface area contributed by atoms with E-state index in [4.69, 9.17) is 15.2 Å². The molecule has 0 aliphatic carbocycles. The maximum Gasteiger partial charge on any atom is 0.244 e. The number of nitrogens with two attached hydrogens (primary N) is 1. The van der Waals surface area contributed by atoms with Gasteiger partial charge in [-0.2, -0.15) is 0 Å². The van der Waals surface area contributed by atoms with Crippen molar-refractivity contribution in [3.63, 3.8) is 0 Å². The van der Waals surface area contributed by atoms with Crippen LogP contribution in [0.3, 0.4) is 0 Å². The number of nitrogens with zero attached hydrogens (tertiary/aromatic N) is 1. The van der Waals surface area contributed by atoms with Gasteiger partial charge in [-0.05, 0) is 49.5 Å². The molecule has 3 heterocycles. The summed E-state index contributed by atoms with van der Waals surface area (Å²) < 4.78 is 11.8. The van der Waals surface area contributed by atoms with Crippen molar-refractivity contribution in [2.45, 2.75) is 39.2 Å². The molecule has 0 saturated carbocycles. The number of fused-ring (bicyclic) bond motifs is 1. The molecule has 0 aromatic carbocycles. The van der Waals surface area contributed by atoms with E-state index < -0.39 is 5.91 Å². The summed E-state index contributed by atoms with van der Waals surface area (Å²) in [5.74, 6) is 0.782. The molecule has 128 valence electrons. The van der Waals surface area contributed by atoms with Gasteiger partial charge in [0.1, 0.15) is 11.9 Å². The number of amides is 1. The van der Waals surface area contributed by atoms with E-state index in [1.54, 1.807) is 19.3 Å². The minimum Gasteiger partial charge on any atom is -0.483 e. The molecule has 5 heteroatoms. The SMILES string of the molecule is CCC1=C(/C=C(\C)C(N)=O)C(C2CCOCC2)Oc2cnccc21. The predicted octanol–water partition coefficient (Wildman–Crippen LogP) is 2.86. The van der Waals surface area contributed by atoms with Crippen molar-refractivity contribution in [1.82, 2.24) is 4.98 Å². The Morgan fingerprint density at radius 1 is 1.42 bits per heavy atom. The monoisotopic (exact) mass is 328 g/mol. The highest BCUT2D eigenvalue weighted by Gasteiger charge is 2.34. The summed E-state index contributed by atoms with van der Waals surface area (Å²) >= 11 is 0. The highest BCUT2D eigenvalue weighted by atomic mass is 16.5. The molecule has 1 fully saturated rings. The minimum atomic E-state index is -0.399. The van der Waals surface area contributed by atoms with Gasteiger partial charge in [-0.15, -0.1) is 0 Å². The van der Waals surface area contributed by atoms with Gasteiger partial charge in [0.25, 0.3) is 0 Å². The number of primary amides is 1. The Labute approximate surface area is 142 Å². The zero-order chi connectivity index (χ0) is 17.1. The molecule has 1 saturated heterocycles. The van der Waals surface area contributed by atoms with Crippen LogP contribution in [-0.2, 0) is 9.53 Å². The van der Waals surface area contributed by atoms with Crippen molar-refractivity contribution >= 4 is 11.5 Å². The Bertz CT molecular complexity index is 688. The maximum absolute atomic E-state index is 11.6. The largest absolute Gasteiger partial charge is 0.483 e. The van der Waals surface area contributed by atoms with Crippen LogP contribution >= 0.6 is 0 Å². The van der Waals surface area contributed by atoms with Gasteiger partial charge in [-0.1, -0.05) is 6.92 Å². The maximum atomic E-state index is 11.6. The first-order chi connectivity index (χ1) is 11.6. The van der Waals surface area contributed by atoms with Gasteiger partial charge < -0.3 is 15.2 Å². The molecular formula is C19H24N2O3. The first-order valence-corrected chi connectivity index (χ1v) is 8.51. The lowest BCUT2D eigenvalue weighted by atomic mass is 9.82. The number of hydrogen-bond donors (Lipinski definition) is 1. The fraction of sp³-hybridized carbons (Fsp3) is 0.474. The van der Waals surface area contributed by atoms with Crippen molar-refractivity contribution in [2.75, 3.05) is 13.2 Å². The number of ether oxygens (including phenoxy) is 2. The molecule has 24 heavy (non-hydrogen) atoms. The third kappa shape index (κ3) is 3.22. The Morgan fingerprint density at radius 2 is 2.17 bits per heavy atom. The Hall–Kier alpha value is -2.14. The van der Waals surface area contributed by atoms with Crippen LogP contribution in [0.4, 0.5) is 0 Å². The standard InChI is InChI=1S/C19H24N2O3/c1-3-14-15-4-7-21-11-17(15)24-18(13-5-8-23-9-6-13)16(14)10-12(2)19(20)22/h4,7,10-11,13,18H,3,5-6,8-9H2,1-2H3,(H2,20,22)/b12-10+. The summed E-state index contributed by atoms with van der Waals surface area (Å²) in [6.07, 6.45) is 8.12. The van der Waals surface area contributed by atoms with Crippen molar-refractivity contribution < 1.29 is 14.3 Å². The molecule has 1 aromatic rings. The van der Waals surface area contributed by atoms with Crippen LogP contribution < -0.4 is 10.5 Å². The van der Waals surface area contributed by atoms with E-state index in [0.717, 1.165) is 49.4 Å². The fourth-order valence-corrected chi connectivity index (χ4v) is 3.49. The summed E-state index contributed by atoms with van der Waals surface area (Å²) in [5.41, 5.74) is 9.34. The number of allylic oxidation sites excluding steroid dienone is 1. The first kappa shape index (κ1) is 16.7. The number of carbonyl (C=O) groups is 1. The predicted molar refractivity (Wildman–Crippen MR) is 92.4 cm³/mol. The topological polar surface area (TPSA) is 74.4 Å². The molecule has 1 unspecified atom stereocenters. The molecule has 0 spiro atoms. The van der Waals surface area contributed by atoms with Crippen molar-refractivity contribution in [3.05, 3.63) is 41.2 Å². The molecular weight excluding hydrogens is 304 g/mol. The van der Waals surface area contributed by atoms with E-state index in [1.165, 1.54) is 5.57 Å². The van der Waals surface area contributed by atoms with Gasteiger partial charge in [-0.25, -0.2) is 0 Å². The third-order valence-corrected chi connectivity index (χ3v) is 4.83. The highest BCUT2D eigenvalue weighted by molar-refractivity contribution is 5.92. The van der Waals surface area contributed by atoms with Gasteiger partial charge in [0.15, 0.2) is 0 Å². The molecule has 0 radical (unpaired) electrons. The highest BCUT2D eigenvalue weighted by Crippen LogP contribution is 2.41. The van der Waals surface area contributed by atoms with Crippen LogP contribution in [0.2, 0.25) is 0 Å². The average Bonchev–Trinajstić information content (AvgIpc) is 2.61. The van der Waals surface area contributed by atoms with Crippen molar-refractivity contribution in [2.24, 2.45) is 11.7 Å². The lowest BCUT2D eigenvalue weighted by Crippen LogP contribution is -2.36. The van der Waals surface area contributed by atoms with E-state index in [9.17, 15) is 4.79 Å². The Morgan fingerprint density at radius 3 is 2.83 bits per heavy atom. The second kappa shape index (κ2) is 7.18. The molecule has 1 atom stereocenters. The molecule has 2 aliphatic heterocycles. The Kier molecular flexibility index (Phi) is 5.00. The summed E-state index contributed by atoms with van der Waals surface area (Å²) in [7, 11) is 0. The molecule has 1 aromatic heterocycles. The zero-order valence-corrected chi connectivity index (χ0v) is 14.2. The lowest BCUT2D eigenvalue weighted by molar-refractivity contribution is -0.114. The zero-order valence-electron chi connectivity index (χ0n) is 14.2. The first-order valence-electron chi connectivity index (χ1n) is 8.51. The number of hydrogen-bond acceptors (Lipinski definition) is 4. The third-order valence-electron chi connectivity index (χ3n) is 4.83. The van der Waals surface area contributed by atoms with Crippen LogP contribution in [0.25, 0.3) is 5.57 Å². The van der Waals surface area contributed by atoms with Crippen LogP contribution in [0.5, 0.6) is 5.75 Å². The average molecular weight is 328 g/mol. The van der Waals surface area contributed by atoms with Crippen LogP contribution in [0, 0.1) is 5.92 Å². The summed E-state index contributed by atoms with van der Waals surface area (Å²) in [4.78, 5) is 15.8. The van der Waals surface area contributed by atoms with Gasteiger partial charge in [-0.3, -0.25) is 9.78 Å². The van der Waals surface area contributed by atoms with E-state index in [-0.39, 0.29) is 6.10 Å². The summed E-state index contributed by atoms with van der Waals surface area (Å²) in [5, 5.41) is 0. The molecule has 0 bridgehead atoms. The van der Waals surface area contributed by atoms with E-state index >= 15 is 0 Å². The molecule has 2 N–H and O–H groups in total. The van der Waals surface area contributed by atoms with Gasteiger partial charge in [0, 0.05) is 36.5 Å². The normalized spacial score (nSPS) is 22.1. The smallest absolute Gasteiger partial charge is 0.244 e. The van der Waals surface area contributed by atoms with Crippen LogP contribution in [0.15, 0.2) is 35.7 Å². The molecule has 1 amide bonds. The van der Waals surface area contributed by atoms with Crippen molar-refractivity contribution in [3.8, 4) is 5.75 Å². The number of aromatic nitrogens is 1. The quantitative estimate of drug-likeness (QED) is 0.863.